The van der Waals surface area contributed by atoms with Gasteiger partial charge in [0.05, 0.1) is 18.8 Å². The normalized spacial score (nSPS) is 10.2. The first-order valence-electron chi connectivity index (χ1n) is 6.34. The molecule has 20 heavy (non-hydrogen) atoms. The predicted molar refractivity (Wildman–Crippen MR) is 83.9 cm³/mol. The molecule has 1 amide bonds. The van der Waals surface area contributed by atoms with Crippen LogP contribution in [0.2, 0.25) is 0 Å². The van der Waals surface area contributed by atoms with E-state index in [0.717, 1.165) is 14.9 Å². The van der Waals surface area contributed by atoms with E-state index >= 15 is 0 Å². The van der Waals surface area contributed by atoms with Gasteiger partial charge in [-0.15, -0.1) is 11.8 Å². The summed E-state index contributed by atoms with van der Waals surface area (Å²) in [6.45, 7) is 4.45. The number of hydrogen-bond acceptors (Lipinski definition) is 4. The van der Waals surface area contributed by atoms with Crippen LogP contribution in [0.4, 0.5) is 0 Å². The van der Waals surface area contributed by atoms with Crippen LogP contribution < -0.4 is 5.32 Å². The van der Waals surface area contributed by atoms with Gasteiger partial charge in [0.15, 0.2) is 0 Å². The lowest BCUT2D eigenvalue weighted by Gasteiger charge is -2.07. The minimum atomic E-state index is -0.288. The van der Waals surface area contributed by atoms with Gasteiger partial charge in [0.25, 0.3) is 0 Å². The average Bonchev–Trinajstić information content (AvgIpc) is 2.38. The van der Waals surface area contributed by atoms with Crippen LogP contribution in [0, 0.1) is 6.92 Å². The quantitative estimate of drug-likeness (QED) is 0.600. The van der Waals surface area contributed by atoms with Crippen molar-refractivity contribution in [2.24, 2.45) is 0 Å². The fourth-order valence-corrected chi connectivity index (χ4v) is 2.82. The van der Waals surface area contributed by atoms with Gasteiger partial charge in [-0.1, -0.05) is 15.9 Å². The zero-order chi connectivity index (χ0) is 15.0. The van der Waals surface area contributed by atoms with Gasteiger partial charge < -0.3 is 10.1 Å². The molecule has 0 aliphatic carbocycles. The van der Waals surface area contributed by atoms with Crippen LogP contribution in [0.5, 0.6) is 0 Å². The number of hydrogen-bond donors (Lipinski definition) is 1. The van der Waals surface area contributed by atoms with Crippen molar-refractivity contribution >= 4 is 39.6 Å². The van der Waals surface area contributed by atoms with Crippen molar-refractivity contribution in [2.75, 3.05) is 18.9 Å². The summed E-state index contributed by atoms with van der Waals surface area (Å²) < 4.78 is 5.81. The number of esters is 1. The van der Waals surface area contributed by atoms with E-state index in [9.17, 15) is 9.59 Å². The molecule has 4 nitrogen and oxygen atoms in total. The summed E-state index contributed by atoms with van der Waals surface area (Å²) in [5.41, 5.74) is 1.13. The van der Waals surface area contributed by atoms with Gasteiger partial charge >= 0.3 is 5.97 Å². The van der Waals surface area contributed by atoms with Gasteiger partial charge in [0.2, 0.25) is 5.91 Å². The minimum absolute atomic E-state index is 0.0818. The number of rotatable bonds is 7. The summed E-state index contributed by atoms with van der Waals surface area (Å²) >= 11 is 4.89. The SMILES string of the molecule is CCOC(=O)CCNC(=O)CSc1ccc(Br)cc1C. The first kappa shape index (κ1) is 17.0. The van der Waals surface area contributed by atoms with E-state index in [1.54, 1.807) is 6.92 Å². The van der Waals surface area contributed by atoms with E-state index in [4.69, 9.17) is 4.74 Å². The second-order valence-electron chi connectivity index (χ2n) is 4.10. The van der Waals surface area contributed by atoms with Gasteiger partial charge in [-0.05, 0) is 37.6 Å². The van der Waals surface area contributed by atoms with Crippen molar-refractivity contribution < 1.29 is 14.3 Å². The Morgan fingerprint density at radius 2 is 2.15 bits per heavy atom. The fraction of sp³-hybridized carbons (Fsp3) is 0.429. The number of carbonyl (C=O) groups is 2. The number of ether oxygens (including phenoxy) is 1. The lowest BCUT2D eigenvalue weighted by Crippen LogP contribution is -2.28. The minimum Gasteiger partial charge on any atom is -0.466 e. The van der Waals surface area contributed by atoms with E-state index in [2.05, 4.69) is 21.2 Å². The van der Waals surface area contributed by atoms with E-state index in [1.165, 1.54) is 11.8 Å². The Hall–Kier alpha value is -1.01. The van der Waals surface area contributed by atoms with Gasteiger partial charge in [-0.3, -0.25) is 9.59 Å². The molecule has 1 rings (SSSR count). The Morgan fingerprint density at radius 1 is 1.40 bits per heavy atom. The third-order valence-corrected chi connectivity index (χ3v) is 4.12. The molecule has 0 saturated heterocycles. The molecule has 0 unspecified atom stereocenters. The van der Waals surface area contributed by atoms with Crippen LogP contribution in [0.1, 0.15) is 18.9 Å². The van der Waals surface area contributed by atoms with Crippen molar-refractivity contribution in [1.82, 2.24) is 5.32 Å². The van der Waals surface area contributed by atoms with E-state index in [-0.39, 0.29) is 18.3 Å². The number of amides is 1. The Kier molecular flexibility index (Phi) is 7.69. The number of thioether (sulfide) groups is 1. The molecule has 0 aliphatic heterocycles. The Labute approximate surface area is 131 Å². The van der Waals surface area contributed by atoms with Gasteiger partial charge in [-0.2, -0.15) is 0 Å². The number of aryl methyl sites for hydroxylation is 1. The highest BCUT2D eigenvalue weighted by atomic mass is 79.9. The second kappa shape index (κ2) is 9.02. The Bertz CT molecular complexity index is 479. The van der Waals surface area contributed by atoms with E-state index in [1.807, 2.05) is 25.1 Å². The molecular weight excluding hydrogens is 342 g/mol. The molecule has 0 aromatic heterocycles. The lowest BCUT2D eigenvalue weighted by molar-refractivity contribution is -0.142. The van der Waals surface area contributed by atoms with Gasteiger partial charge in [0.1, 0.15) is 0 Å². The van der Waals surface area contributed by atoms with Gasteiger partial charge in [-0.25, -0.2) is 0 Å². The molecule has 110 valence electrons. The summed E-state index contributed by atoms with van der Waals surface area (Å²) in [6, 6.07) is 5.95. The number of benzene rings is 1. The summed E-state index contributed by atoms with van der Waals surface area (Å²) in [4.78, 5) is 23.8. The Morgan fingerprint density at radius 3 is 2.80 bits per heavy atom. The largest absolute Gasteiger partial charge is 0.466 e. The summed E-state index contributed by atoms with van der Waals surface area (Å²) in [6.07, 6.45) is 0.210. The van der Waals surface area contributed by atoms with Crippen LogP contribution in [0.3, 0.4) is 0 Å². The van der Waals surface area contributed by atoms with Crippen LogP contribution in [-0.4, -0.2) is 30.8 Å². The highest BCUT2D eigenvalue weighted by Crippen LogP contribution is 2.24. The molecule has 0 saturated carbocycles. The smallest absolute Gasteiger partial charge is 0.307 e. The molecule has 1 aromatic carbocycles. The molecule has 0 heterocycles. The molecule has 0 atom stereocenters. The van der Waals surface area contributed by atoms with Crippen LogP contribution in [0.15, 0.2) is 27.6 Å². The van der Waals surface area contributed by atoms with Crippen molar-refractivity contribution in [3.05, 3.63) is 28.2 Å². The van der Waals surface area contributed by atoms with Crippen molar-refractivity contribution in [3.63, 3.8) is 0 Å². The molecule has 0 fully saturated rings. The lowest BCUT2D eigenvalue weighted by atomic mass is 10.2. The molecule has 1 N–H and O–H groups in total. The van der Waals surface area contributed by atoms with Crippen LogP contribution >= 0.6 is 27.7 Å². The zero-order valence-corrected chi connectivity index (χ0v) is 14.0. The molecule has 0 aliphatic rings. The topological polar surface area (TPSA) is 55.4 Å². The monoisotopic (exact) mass is 359 g/mol. The number of nitrogens with one attached hydrogen (secondary N) is 1. The van der Waals surface area contributed by atoms with Crippen LogP contribution in [0.25, 0.3) is 0 Å². The standard InChI is InChI=1S/C14H18BrNO3S/c1-3-19-14(18)6-7-16-13(17)9-20-12-5-4-11(15)8-10(12)2/h4-5,8H,3,6-7,9H2,1-2H3,(H,16,17). The summed E-state index contributed by atoms with van der Waals surface area (Å²) in [5.74, 6) is -0.0310. The molecule has 0 bridgehead atoms. The number of halogens is 1. The highest BCUT2D eigenvalue weighted by Gasteiger charge is 2.06. The summed E-state index contributed by atoms with van der Waals surface area (Å²) in [7, 11) is 0. The van der Waals surface area contributed by atoms with Crippen molar-refractivity contribution in [1.29, 1.82) is 0 Å². The average molecular weight is 360 g/mol. The molecule has 6 heteroatoms. The Balaban J connectivity index is 2.28. The fourth-order valence-electron chi connectivity index (χ4n) is 1.51. The molecule has 0 spiro atoms. The van der Waals surface area contributed by atoms with Gasteiger partial charge in [0, 0.05) is 15.9 Å². The maximum absolute atomic E-state index is 11.6. The highest BCUT2D eigenvalue weighted by molar-refractivity contribution is 9.10. The zero-order valence-electron chi connectivity index (χ0n) is 11.6. The third kappa shape index (κ3) is 6.43. The first-order valence-corrected chi connectivity index (χ1v) is 8.12. The predicted octanol–water partition coefficient (Wildman–Crippen LogP) is 2.92. The second-order valence-corrected chi connectivity index (χ2v) is 6.04. The number of carbonyl (C=O) groups excluding carboxylic acids is 2. The van der Waals surface area contributed by atoms with E-state index in [0.29, 0.717) is 18.9 Å². The third-order valence-electron chi connectivity index (χ3n) is 2.45. The summed E-state index contributed by atoms with van der Waals surface area (Å²) in [5, 5.41) is 2.70. The van der Waals surface area contributed by atoms with E-state index < -0.39 is 0 Å². The maximum atomic E-state index is 11.6. The van der Waals surface area contributed by atoms with Crippen molar-refractivity contribution in [3.8, 4) is 0 Å². The molecule has 1 aromatic rings. The maximum Gasteiger partial charge on any atom is 0.307 e. The molecular formula is C14H18BrNO3S. The van der Waals surface area contributed by atoms with Crippen LogP contribution in [-0.2, 0) is 14.3 Å². The first-order chi connectivity index (χ1) is 9.52. The molecule has 0 radical (unpaired) electrons. The van der Waals surface area contributed by atoms with Crippen molar-refractivity contribution in [2.45, 2.75) is 25.2 Å².